The molecule has 2 N–H and O–H groups in total. The van der Waals surface area contributed by atoms with Gasteiger partial charge in [0.05, 0.1) is 20.0 Å². The Morgan fingerprint density at radius 2 is 1.58 bits per heavy atom. The zero-order valence-corrected chi connectivity index (χ0v) is 18.9. The van der Waals surface area contributed by atoms with Crippen molar-refractivity contribution in [3.05, 3.63) is 66.2 Å². The van der Waals surface area contributed by atoms with Gasteiger partial charge in [-0.2, -0.15) is 0 Å². The summed E-state index contributed by atoms with van der Waals surface area (Å²) in [4.78, 5) is 26.1. The normalized spacial score (nSPS) is 11.6. The van der Waals surface area contributed by atoms with Crippen LogP contribution >= 0.6 is 11.8 Å². The Morgan fingerprint density at radius 1 is 0.879 bits per heavy atom. The lowest BCUT2D eigenvalue weighted by Gasteiger charge is -2.13. The van der Waals surface area contributed by atoms with Crippen molar-refractivity contribution in [2.75, 3.05) is 37.4 Å². The van der Waals surface area contributed by atoms with Gasteiger partial charge in [-0.25, -0.2) is 0 Å². The van der Waals surface area contributed by atoms with E-state index in [1.54, 1.807) is 48.5 Å². The number of methoxy groups -OCH3 is 2. The van der Waals surface area contributed by atoms with E-state index in [0.29, 0.717) is 39.9 Å². The van der Waals surface area contributed by atoms with Gasteiger partial charge >= 0.3 is 0 Å². The lowest BCUT2D eigenvalue weighted by molar-refractivity contribution is -0.113. The number of anilines is 2. The van der Waals surface area contributed by atoms with Crippen LogP contribution in [0.25, 0.3) is 0 Å². The number of rotatable bonds is 8. The van der Waals surface area contributed by atoms with Crippen LogP contribution in [0.1, 0.15) is 10.4 Å². The van der Waals surface area contributed by atoms with Crippen LogP contribution in [0.15, 0.2) is 65.6 Å². The van der Waals surface area contributed by atoms with Gasteiger partial charge in [-0.1, -0.05) is 12.1 Å². The summed E-state index contributed by atoms with van der Waals surface area (Å²) in [6.45, 7) is 0.180. The molecule has 0 fully saturated rings. The Balaban J connectivity index is 1.37. The fourth-order valence-corrected chi connectivity index (χ4v) is 4.01. The van der Waals surface area contributed by atoms with Crippen LogP contribution in [-0.2, 0) is 4.79 Å². The monoisotopic (exact) mass is 466 g/mol. The highest BCUT2D eigenvalue weighted by Crippen LogP contribution is 2.34. The Morgan fingerprint density at radius 3 is 2.33 bits per heavy atom. The summed E-state index contributed by atoms with van der Waals surface area (Å²) in [5.74, 6) is 1.78. The van der Waals surface area contributed by atoms with Gasteiger partial charge in [0, 0.05) is 22.3 Å². The Bertz CT molecular complexity index is 1160. The molecule has 0 unspecified atom stereocenters. The molecule has 1 aliphatic rings. The molecule has 2 amide bonds. The molecule has 0 atom stereocenters. The van der Waals surface area contributed by atoms with Gasteiger partial charge in [0.25, 0.3) is 5.91 Å². The van der Waals surface area contributed by atoms with E-state index >= 15 is 0 Å². The average molecular weight is 467 g/mol. The van der Waals surface area contributed by atoms with Gasteiger partial charge < -0.3 is 29.6 Å². The van der Waals surface area contributed by atoms with Crippen LogP contribution in [0.5, 0.6) is 23.0 Å². The second-order valence-electron chi connectivity index (χ2n) is 6.92. The zero-order chi connectivity index (χ0) is 23.2. The minimum atomic E-state index is -0.355. The molecule has 1 heterocycles. The highest BCUT2D eigenvalue weighted by molar-refractivity contribution is 8.00. The number of carbonyl (C=O) groups is 2. The topological polar surface area (TPSA) is 95.1 Å². The predicted molar refractivity (Wildman–Crippen MR) is 126 cm³/mol. The molecule has 0 aromatic heterocycles. The van der Waals surface area contributed by atoms with Crippen molar-refractivity contribution in [1.29, 1.82) is 0 Å². The number of thioether (sulfide) groups is 1. The second kappa shape index (κ2) is 10.2. The Labute approximate surface area is 195 Å². The van der Waals surface area contributed by atoms with E-state index in [1.807, 2.05) is 12.1 Å². The molecule has 33 heavy (non-hydrogen) atoms. The maximum Gasteiger partial charge on any atom is 0.263 e. The van der Waals surface area contributed by atoms with Crippen molar-refractivity contribution in [3.63, 3.8) is 0 Å². The number of nitrogens with one attached hydrogen (secondary N) is 2. The van der Waals surface area contributed by atoms with Gasteiger partial charge in [0.2, 0.25) is 12.7 Å². The smallest absolute Gasteiger partial charge is 0.263 e. The molecule has 1 aliphatic heterocycles. The third-order valence-electron chi connectivity index (χ3n) is 4.77. The molecule has 9 heteroatoms. The Hall–Kier alpha value is -3.85. The first-order valence-electron chi connectivity index (χ1n) is 10.0. The van der Waals surface area contributed by atoms with Crippen molar-refractivity contribution in [2.24, 2.45) is 0 Å². The largest absolute Gasteiger partial charge is 0.496 e. The van der Waals surface area contributed by atoms with E-state index in [2.05, 4.69) is 10.6 Å². The van der Waals surface area contributed by atoms with Gasteiger partial charge in [0.15, 0.2) is 11.5 Å². The summed E-state index contributed by atoms with van der Waals surface area (Å²) in [6, 6.07) is 17.7. The molecule has 170 valence electrons. The second-order valence-corrected chi connectivity index (χ2v) is 7.97. The van der Waals surface area contributed by atoms with Crippen LogP contribution in [0.4, 0.5) is 11.4 Å². The predicted octanol–water partition coefficient (Wildman–Crippen LogP) is 4.42. The molecule has 0 spiro atoms. The quantitative estimate of drug-likeness (QED) is 0.475. The van der Waals surface area contributed by atoms with Crippen LogP contribution in [-0.4, -0.2) is 38.6 Å². The highest BCUT2D eigenvalue weighted by atomic mass is 32.2. The summed E-state index contributed by atoms with van der Waals surface area (Å²) in [6.07, 6.45) is 0. The van der Waals surface area contributed by atoms with E-state index in [1.165, 1.54) is 26.0 Å². The van der Waals surface area contributed by atoms with Gasteiger partial charge in [0.1, 0.15) is 17.1 Å². The molecule has 3 aromatic rings. The summed E-state index contributed by atoms with van der Waals surface area (Å²) in [5, 5.41) is 5.70. The lowest BCUT2D eigenvalue weighted by Crippen LogP contribution is -2.15. The maximum atomic E-state index is 12.9. The van der Waals surface area contributed by atoms with Crippen molar-refractivity contribution in [1.82, 2.24) is 0 Å². The number of benzene rings is 3. The molecule has 8 nitrogen and oxygen atoms in total. The van der Waals surface area contributed by atoms with Crippen LogP contribution in [0, 0.1) is 0 Å². The molecular weight excluding hydrogens is 444 g/mol. The third-order valence-corrected chi connectivity index (χ3v) is 5.77. The van der Waals surface area contributed by atoms with E-state index in [-0.39, 0.29) is 24.4 Å². The lowest BCUT2D eigenvalue weighted by atomic mass is 10.1. The van der Waals surface area contributed by atoms with E-state index < -0.39 is 0 Å². The average Bonchev–Trinajstić information content (AvgIpc) is 3.30. The van der Waals surface area contributed by atoms with E-state index in [9.17, 15) is 9.59 Å². The van der Waals surface area contributed by atoms with E-state index in [0.717, 1.165) is 4.90 Å². The molecule has 0 saturated carbocycles. The fourth-order valence-electron chi connectivity index (χ4n) is 3.25. The van der Waals surface area contributed by atoms with Crippen LogP contribution < -0.4 is 29.6 Å². The Kier molecular flexibility index (Phi) is 6.89. The van der Waals surface area contributed by atoms with Crippen LogP contribution in [0.2, 0.25) is 0 Å². The number of amides is 2. The first-order valence-corrected chi connectivity index (χ1v) is 11.0. The van der Waals surface area contributed by atoms with Gasteiger partial charge in [-0.15, -0.1) is 11.8 Å². The molecular formula is C24H22N2O6S. The summed E-state index contributed by atoms with van der Waals surface area (Å²) in [5.41, 5.74) is 1.54. The SMILES string of the molecule is COc1cccc(OC)c1C(=O)Nc1cccc(SCC(=O)Nc2ccc3c(c2)OCO3)c1. The first-order chi connectivity index (χ1) is 16.1. The number of fused-ring (bicyclic) bond motifs is 1. The summed E-state index contributed by atoms with van der Waals surface area (Å²) < 4.78 is 21.2. The first kappa shape index (κ1) is 22.3. The van der Waals surface area contributed by atoms with E-state index in [4.69, 9.17) is 18.9 Å². The van der Waals surface area contributed by atoms with Crippen molar-refractivity contribution in [2.45, 2.75) is 4.90 Å². The molecule has 0 bridgehead atoms. The third kappa shape index (κ3) is 5.32. The molecule has 4 rings (SSSR count). The fraction of sp³-hybridized carbons (Fsp3) is 0.167. The van der Waals surface area contributed by atoms with Crippen LogP contribution in [0.3, 0.4) is 0 Å². The van der Waals surface area contributed by atoms with Crippen molar-refractivity contribution >= 4 is 35.0 Å². The molecule has 0 radical (unpaired) electrons. The molecule has 3 aromatic carbocycles. The number of ether oxygens (including phenoxy) is 4. The number of carbonyl (C=O) groups excluding carboxylic acids is 2. The van der Waals surface area contributed by atoms with Gasteiger partial charge in [-0.05, 0) is 42.5 Å². The van der Waals surface area contributed by atoms with Crippen molar-refractivity contribution < 1.29 is 28.5 Å². The van der Waals surface area contributed by atoms with Gasteiger partial charge in [-0.3, -0.25) is 9.59 Å². The minimum Gasteiger partial charge on any atom is -0.496 e. The minimum absolute atomic E-state index is 0.160. The summed E-state index contributed by atoms with van der Waals surface area (Å²) in [7, 11) is 2.99. The van der Waals surface area contributed by atoms with Crippen molar-refractivity contribution in [3.8, 4) is 23.0 Å². The zero-order valence-electron chi connectivity index (χ0n) is 18.0. The molecule has 0 saturated heterocycles. The number of hydrogen-bond acceptors (Lipinski definition) is 7. The molecule has 0 aliphatic carbocycles. The number of hydrogen-bond donors (Lipinski definition) is 2. The standard InChI is InChI=1S/C24H22N2O6S/c1-29-19-7-4-8-20(30-2)23(19)24(28)26-15-5-3-6-17(11-15)33-13-22(27)25-16-9-10-18-21(12-16)32-14-31-18/h3-12H,13-14H2,1-2H3,(H,25,27)(H,26,28). The maximum absolute atomic E-state index is 12.9. The highest BCUT2D eigenvalue weighted by Gasteiger charge is 2.18. The summed E-state index contributed by atoms with van der Waals surface area (Å²) >= 11 is 1.36.